The van der Waals surface area contributed by atoms with E-state index in [1.807, 2.05) is 0 Å². The summed E-state index contributed by atoms with van der Waals surface area (Å²) in [5, 5.41) is 0. The van der Waals surface area contributed by atoms with Gasteiger partial charge in [-0.2, -0.15) is 0 Å². The van der Waals surface area contributed by atoms with E-state index in [1.54, 1.807) is 0 Å². The van der Waals surface area contributed by atoms with Gasteiger partial charge in [0, 0.05) is 13.0 Å². The molecule has 0 N–H and O–H groups in total. The molecule has 0 aromatic heterocycles. The average Bonchev–Trinajstić information content (AvgIpc) is 2.57. The van der Waals surface area contributed by atoms with Crippen molar-refractivity contribution in [3.05, 3.63) is 0 Å². The van der Waals surface area contributed by atoms with E-state index in [-0.39, 0.29) is 6.29 Å². The van der Waals surface area contributed by atoms with Gasteiger partial charge in [-0.1, -0.05) is 19.8 Å². The second kappa shape index (κ2) is 4.43. The molecule has 1 aliphatic carbocycles. The summed E-state index contributed by atoms with van der Waals surface area (Å²) in [5.74, 6) is 0.847. The molecule has 2 aliphatic rings. The molecule has 0 aromatic rings. The third-order valence-corrected chi connectivity index (χ3v) is 3.12. The highest BCUT2D eigenvalue weighted by Crippen LogP contribution is 2.28. The fourth-order valence-electron chi connectivity index (χ4n) is 2.37. The monoisotopic (exact) mass is 184 g/mol. The van der Waals surface area contributed by atoms with Crippen molar-refractivity contribution in [1.82, 2.24) is 0 Å². The van der Waals surface area contributed by atoms with E-state index < -0.39 is 0 Å². The van der Waals surface area contributed by atoms with E-state index >= 15 is 0 Å². The molecule has 1 saturated carbocycles. The zero-order chi connectivity index (χ0) is 9.10. The summed E-state index contributed by atoms with van der Waals surface area (Å²) in [5.41, 5.74) is 0. The van der Waals surface area contributed by atoms with E-state index in [1.165, 1.54) is 32.1 Å². The van der Waals surface area contributed by atoms with Crippen molar-refractivity contribution < 1.29 is 9.47 Å². The van der Waals surface area contributed by atoms with Gasteiger partial charge >= 0.3 is 0 Å². The Kier molecular flexibility index (Phi) is 3.23. The molecule has 0 bridgehead atoms. The van der Waals surface area contributed by atoms with Gasteiger partial charge in [0.05, 0.1) is 6.10 Å². The van der Waals surface area contributed by atoms with E-state index in [0.29, 0.717) is 6.10 Å². The van der Waals surface area contributed by atoms with Gasteiger partial charge in [0.15, 0.2) is 6.29 Å². The molecule has 1 aliphatic heterocycles. The molecule has 76 valence electrons. The molecule has 1 saturated heterocycles. The maximum atomic E-state index is 5.90. The lowest BCUT2D eigenvalue weighted by Crippen LogP contribution is -2.26. The number of ether oxygens (including phenoxy) is 2. The van der Waals surface area contributed by atoms with Crippen molar-refractivity contribution in [3.63, 3.8) is 0 Å². The first kappa shape index (κ1) is 9.47. The van der Waals surface area contributed by atoms with E-state index in [4.69, 9.17) is 9.47 Å². The molecule has 2 nitrogen and oxygen atoms in total. The third kappa shape index (κ3) is 2.68. The number of hydrogen-bond donors (Lipinski definition) is 0. The molecule has 2 rings (SSSR count). The summed E-state index contributed by atoms with van der Waals surface area (Å²) in [6.07, 6.45) is 8.06. The van der Waals surface area contributed by atoms with Crippen LogP contribution in [0, 0.1) is 5.92 Å². The lowest BCUT2D eigenvalue weighted by atomic mass is 9.89. The second-order valence-corrected chi connectivity index (χ2v) is 4.47. The second-order valence-electron chi connectivity index (χ2n) is 4.47. The van der Waals surface area contributed by atoms with Crippen molar-refractivity contribution in [3.8, 4) is 0 Å². The van der Waals surface area contributed by atoms with Crippen LogP contribution in [0.3, 0.4) is 0 Å². The Morgan fingerprint density at radius 3 is 2.77 bits per heavy atom. The van der Waals surface area contributed by atoms with Crippen LogP contribution in [0.25, 0.3) is 0 Å². The molecule has 0 spiro atoms. The van der Waals surface area contributed by atoms with Crippen LogP contribution in [0.1, 0.15) is 45.4 Å². The lowest BCUT2D eigenvalue weighted by Gasteiger charge is -2.28. The van der Waals surface area contributed by atoms with Crippen LogP contribution < -0.4 is 0 Å². The molecular weight excluding hydrogens is 164 g/mol. The lowest BCUT2D eigenvalue weighted by molar-refractivity contribution is -0.154. The van der Waals surface area contributed by atoms with Crippen LogP contribution >= 0.6 is 0 Å². The first-order valence-corrected chi connectivity index (χ1v) is 5.61. The van der Waals surface area contributed by atoms with Crippen LogP contribution in [-0.2, 0) is 9.47 Å². The quantitative estimate of drug-likeness (QED) is 0.657. The molecule has 0 aromatic carbocycles. The summed E-state index contributed by atoms with van der Waals surface area (Å²) in [7, 11) is 0. The maximum absolute atomic E-state index is 5.90. The Hall–Kier alpha value is -0.0800. The zero-order valence-electron chi connectivity index (χ0n) is 8.50. The van der Waals surface area contributed by atoms with Gasteiger partial charge in [0.2, 0.25) is 0 Å². The van der Waals surface area contributed by atoms with Crippen molar-refractivity contribution in [2.45, 2.75) is 57.8 Å². The van der Waals surface area contributed by atoms with Gasteiger partial charge in [0.25, 0.3) is 0 Å². The van der Waals surface area contributed by atoms with E-state index in [2.05, 4.69) is 6.92 Å². The summed E-state index contributed by atoms with van der Waals surface area (Å²) in [6, 6.07) is 0. The SMILES string of the molecule is C[C@@H]1CCC[C@H](OC2CCCO2)C1. The first-order valence-electron chi connectivity index (χ1n) is 5.61. The highest BCUT2D eigenvalue weighted by molar-refractivity contribution is 4.71. The highest BCUT2D eigenvalue weighted by atomic mass is 16.7. The van der Waals surface area contributed by atoms with Gasteiger partial charge < -0.3 is 9.47 Å². The molecule has 1 heterocycles. The van der Waals surface area contributed by atoms with Gasteiger partial charge in [-0.05, 0) is 25.2 Å². The predicted molar refractivity (Wildman–Crippen MR) is 51.5 cm³/mol. The standard InChI is InChI=1S/C11H20O2/c1-9-4-2-5-10(8-9)13-11-6-3-7-12-11/h9-11H,2-8H2,1H3/t9-,10+,11?/m1/s1. The summed E-state index contributed by atoms with van der Waals surface area (Å²) >= 11 is 0. The smallest absolute Gasteiger partial charge is 0.158 e. The Balaban J connectivity index is 1.73. The van der Waals surface area contributed by atoms with Gasteiger partial charge in [-0.3, -0.25) is 0 Å². The minimum absolute atomic E-state index is 0.121. The summed E-state index contributed by atoms with van der Waals surface area (Å²) in [4.78, 5) is 0. The van der Waals surface area contributed by atoms with Crippen LogP contribution in [0.5, 0.6) is 0 Å². The molecule has 2 fully saturated rings. The largest absolute Gasteiger partial charge is 0.353 e. The third-order valence-electron chi connectivity index (χ3n) is 3.12. The minimum Gasteiger partial charge on any atom is -0.353 e. The predicted octanol–water partition coefficient (Wildman–Crippen LogP) is 2.72. The average molecular weight is 184 g/mol. The number of rotatable bonds is 2. The first-order chi connectivity index (χ1) is 6.34. The molecular formula is C11H20O2. The minimum atomic E-state index is 0.121. The maximum Gasteiger partial charge on any atom is 0.158 e. The number of hydrogen-bond acceptors (Lipinski definition) is 2. The van der Waals surface area contributed by atoms with Crippen LogP contribution in [-0.4, -0.2) is 19.0 Å². The van der Waals surface area contributed by atoms with Crippen LogP contribution in [0.4, 0.5) is 0 Å². The Labute approximate surface area is 80.6 Å². The Morgan fingerprint density at radius 1 is 1.15 bits per heavy atom. The van der Waals surface area contributed by atoms with Gasteiger partial charge in [-0.15, -0.1) is 0 Å². The molecule has 13 heavy (non-hydrogen) atoms. The normalized spacial score (nSPS) is 40.8. The molecule has 0 amide bonds. The van der Waals surface area contributed by atoms with Gasteiger partial charge in [-0.25, -0.2) is 0 Å². The van der Waals surface area contributed by atoms with E-state index in [9.17, 15) is 0 Å². The van der Waals surface area contributed by atoms with Gasteiger partial charge in [0.1, 0.15) is 0 Å². The molecule has 3 atom stereocenters. The van der Waals surface area contributed by atoms with Crippen LogP contribution in [0.2, 0.25) is 0 Å². The zero-order valence-corrected chi connectivity index (χ0v) is 8.50. The fourth-order valence-corrected chi connectivity index (χ4v) is 2.37. The highest BCUT2D eigenvalue weighted by Gasteiger charge is 2.24. The summed E-state index contributed by atoms with van der Waals surface area (Å²) < 4.78 is 11.4. The van der Waals surface area contributed by atoms with E-state index in [0.717, 1.165) is 18.9 Å². The van der Waals surface area contributed by atoms with Crippen molar-refractivity contribution >= 4 is 0 Å². The Morgan fingerprint density at radius 2 is 2.08 bits per heavy atom. The molecule has 0 radical (unpaired) electrons. The topological polar surface area (TPSA) is 18.5 Å². The Bertz CT molecular complexity index is 152. The van der Waals surface area contributed by atoms with Crippen molar-refractivity contribution in [1.29, 1.82) is 0 Å². The molecule has 1 unspecified atom stereocenters. The fraction of sp³-hybridized carbons (Fsp3) is 1.00. The molecule has 2 heteroatoms. The van der Waals surface area contributed by atoms with Crippen molar-refractivity contribution in [2.24, 2.45) is 5.92 Å². The van der Waals surface area contributed by atoms with Crippen LogP contribution in [0.15, 0.2) is 0 Å². The summed E-state index contributed by atoms with van der Waals surface area (Å²) in [6.45, 7) is 3.22. The van der Waals surface area contributed by atoms with Crippen molar-refractivity contribution in [2.75, 3.05) is 6.61 Å².